The van der Waals surface area contributed by atoms with E-state index in [1.54, 1.807) is 7.11 Å². The van der Waals surface area contributed by atoms with E-state index in [1.807, 2.05) is 36.0 Å². The van der Waals surface area contributed by atoms with Gasteiger partial charge in [-0.25, -0.2) is 0 Å². The molecule has 0 N–H and O–H groups in total. The van der Waals surface area contributed by atoms with Gasteiger partial charge in [0.25, 0.3) is 0 Å². The summed E-state index contributed by atoms with van der Waals surface area (Å²) in [6.07, 6.45) is 0. The van der Waals surface area contributed by atoms with Crippen LogP contribution >= 0.6 is 11.8 Å². The molecule has 0 unspecified atom stereocenters. The molecule has 122 valence electrons. The number of nitrogens with zero attached hydrogens (tertiary/aromatic N) is 1. The molecule has 3 rings (SSSR count). The fourth-order valence-electron chi connectivity index (χ4n) is 2.68. The Kier molecular flexibility index (Phi) is 5.83. The van der Waals surface area contributed by atoms with Gasteiger partial charge in [-0.05, 0) is 23.3 Å². The first-order valence-corrected chi connectivity index (χ1v) is 9.14. The largest absolute Gasteiger partial charge is 0.493 e. The fourth-order valence-corrected chi connectivity index (χ4v) is 3.66. The first kappa shape index (κ1) is 16.2. The van der Waals surface area contributed by atoms with Crippen LogP contribution in [0, 0.1) is 0 Å². The minimum absolute atomic E-state index is 0.555. The van der Waals surface area contributed by atoms with Crippen LogP contribution in [0.5, 0.6) is 11.5 Å². The lowest BCUT2D eigenvalue weighted by atomic mass is 10.2. The van der Waals surface area contributed by atoms with Crippen molar-refractivity contribution in [3.8, 4) is 11.5 Å². The average molecular weight is 329 g/mol. The molecular weight excluding hydrogens is 306 g/mol. The summed E-state index contributed by atoms with van der Waals surface area (Å²) in [6.45, 7) is 3.87. The highest BCUT2D eigenvalue weighted by atomic mass is 32.2. The van der Waals surface area contributed by atoms with Crippen molar-refractivity contribution in [2.24, 2.45) is 0 Å². The van der Waals surface area contributed by atoms with E-state index in [2.05, 4.69) is 29.2 Å². The van der Waals surface area contributed by atoms with Crippen LogP contribution in [0.15, 0.2) is 48.5 Å². The lowest BCUT2D eigenvalue weighted by Crippen LogP contribution is -2.31. The topological polar surface area (TPSA) is 21.7 Å². The number of rotatable bonds is 6. The zero-order valence-electron chi connectivity index (χ0n) is 13.5. The third-order valence-electron chi connectivity index (χ3n) is 3.98. The number of thioether (sulfide) groups is 1. The molecule has 1 saturated heterocycles. The van der Waals surface area contributed by atoms with Gasteiger partial charge in [-0.1, -0.05) is 36.4 Å². The van der Waals surface area contributed by atoms with E-state index in [1.165, 1.54) is 30.2 Å². The molecule has 1 heterocycles. The fraction of sp³-hybridized carbons (Fsp3) is 0.368. The summed E-state index contributed by atoms with van der Waals surface area (Å²) < 4.78 is 11.4. The van der Waals surface area contributed by atoms with E-state index < -0.39 is 0 Å². The van der Waals surface area contributed by atoms with Crippen molar-refractivity contribution in [2.75, 3.05) is 31.7 Å². The molecule has 4 heteroatoms. The quantitative estimate of drug-likeness (QED) is 0.803. The molecule has 1 aliphatic rings. The van der Waals surface area contributed by atoms with Gasteiger partial charge in [0.15, 0.2) is 11.5 Å². The Balaban J connectivity index is 1.64. The molecule has 2 aromatic rings. The second-order valence-electron chi connectivity index (χ2n) is 5.65. The van der Waals surface area contributed by atoms with Gasteiger partial charge in [0, 0.05) is 31.1 Å². The molecule has 2 aromatic carbocycles. The van der Waals surface area contributed by atoms with Crippen molar-refractivity contribution in [1.82, 2.24) is 4.90 Å². The van der Waals surface area contributed by atoms with Gasteiger partial charge in [-0.2, -0.15) is 11.8 Å². The van der Waals surface area contributed by atoms with Gasteiger partial charge < -0.3 is 9.47 Å². The first-order valence-electron chi connectivity index (χ1n) is 7.99. The molecule has 0 aromatic heterocycles. The van der Waals surface area contributed by atoms with Crippen LogP contribution in [0.3, 0.4) is 0 Å². The van der Waals surface area contributed by atoms with Gasteiger partial charge in [-0.3, -0.25) is 4.90 Å². The molecule has 0 amide bonds. The van der Waals surface area contributed by atoms with Gasteiger partial charge in [-0.15, -0.1) is 0 Å². The molecular formula is C19H23NO2S. The summed E-state index contributed by atoms with van der Waals surface area (Å²) in [5, 5.41) is 0. The molecule has 0 atom stereocenters. The number of hydrogen-bond donors (Lipinski definition) is 0. The molecule has 1 fully saturated rings. The second kappa shape index (κ2) is 8.27. The summed E-state index contributed by atoms with van der Waals surface area (Å²) in [7, 11) is 1.70. The van der Waals surface area contributed by atoms with Crippen LogP contribution in [-0.4, -0.2) is 36.6 Å². The molecule has 0 aliphatic carbocycles. The Morgan fingerprint density at radius 1 is 0.957 bits per heavy atom. The maximum atomic E-state index is 5.92. The van der Waals surface area contributed by atoms with E-state index in [0.29, 0.717) is 6.61 Å². The van der Waals surface area contributed by atoms with Gasteiger partial charge in [0.05, 0.1) is 7.11 Å². The van der Waals surface area contributed by atoms with Crippen LogP contribution in [0.2, 0.25) is 0 Å². The van der Waals surface area contributed by atoms with Crippen LogP contribution in [0.25, 0.3) is 0 Å². The van der Waals surface area contributed by atoms with Crippen molar-refractivity contribution in [2.45, 2.75) is 13.2 Å². The van der Waals surface area contributed by atoms with Gasteiger partial charge in [0.1, 0.15) is 6.61 Å². The Bertz CT molecular complexity index is 612. The minimum atomic E-state index is 0.555. The average Bonchev–Trinajstić information content (AvgIpc) is 2.62. The van der Waals surface area contributed by atoms with Crippen LogP contribution < -0.4 is 9.47 Å². The predicted molar refractivity (Wildman–Crippen MR) is 96.4 cm³/mol. The molecule has 0 saturated carbocycles. The predicted octanol–water partition coefficient (Wildman–Crippen LogP) is 3.82. The number of ether oxygens (including phenoxy) is 2. The van der Waals surface area contributed by atoms with E-state index in [0.717, 1.165) is 23.6 Å². The Morgan fingerprint density at radius 3 is 2.48 bits per heavy atom. The summed E-state index contributed by atoms with van der Waals surface area (Å²) in [6, 6.07) is 16.5. The van der Waals surface area contributed by atoms with E-state index in [-0.39, 0.29) is 0 Å². The Morgan fingerprint density at radius 2 is 1.74 bits per heavy atom. The second-order valence-corrected chi connectivity index (χ2v) is 6.87. The van der Waals surface area contributed by atoms with Crippen LogP contribution in [0.1, 0.15) is 11.1 Å². The van der Waals surface area contributed by atoms with Crippen molar-refractivity contribution in [3.63, 3.8) is 0 Å². The van der Waals surface area contributed by atoms with E-state index in [9.17, 15) is 0 Å². The molecule has 0 bridgehead atoms. The first-order chi connectivity index (χ1) is 11.3. The summed E-state index contributed by atoms with van der Waals surface area (Å²) >= 11 is 2.04. The van der Waals surface area contributed by atoms with Gasteiger partial charge >= 0.3 is 0 Å². The normalized spacial score (nSPS) is 15.3. The summed E-state index contributed by atoms with van der Waals surface area (Å²) in [5.74, 6) is 4.07. The van der Waals surface area contributed by atoms with Crippen LogP contribution in [0.4, 0.5) is 0 Å². The van der Waals surface area contributed by atoms with Crippen molar-refractivity contribution < 1.29 is 9.47 Å². The third kappa shape index (κ3) is 4.66. The van der Waals surface area contributed by atoms with E-state index in [4.69, 9.17) is 9.47 Å². The third-order valence-corrected chi connectivity index (χ3v) is 4.92. The smallest absolute Gasteiger partial charge is 0.161 e. The zero-order valence-corrected chi connectivity index (χ0v) is 14.3. The molecule has 3 nitrogen and oxygen atoms in total. The van der Waals surface area contributed by atoms with Crippen molar-refractivity contribution in [1.29, 1.82) is 0 Å². The van der Waals surface area contributed by atoms with Crippen LogP contribution in [-0.2, 0) is 13.2 Å². The number of benzene rings is 2. The molecule has 0 spiro atoms. The lowest BCUT2D eigenvalue weighted by Gasteiger charge is -2.26. The number of hydrogen-bond acceptors (Lipinski definition) is 4. The highest BCUT2D eigenvalue weighted by Gasteiger charge is 2.12. The SMILES string of the molecule is COc1cc(CN2CCSCC2)ccc1OCc1ccccc1. The monoisotopic (exact) mass is 329 g/mol. The standard InChI is InChI=1S/C19H23NO2S/c1-21-19-13-17(14-20-9-11-23-12-10-20)7-8-18(19)22-15-16-5-3-2-4-6-16/h2-8,13H,9-12,14-15H2,1H3. The molecule has 0 radical (unpaired) electrons. The number of methoxy groups -OCH3 is 1. The molecule has 1 aliphatic heterocycles. The van der Waals surface area contributed by atoms with Crippen molar-refractivity contribution >= 4 is 11.8 Å². The van der Waals surface area contributed by atoms with E-state index >= 15 is 0 Å². The minimum Gasteiger partial charge on any atom is -0.493 e. The highest BCUT2D eigenvalue weighted by molar-refractivity contribution is 7.99. The zero-order chi connectivity index (χ0) is 15.9. The molecule has 23 heavy (non-hydrogen) atoms. The Labute approximate surface area is 142 Å². The van der Waals surface area contributed by atoms with Gasteiger partial charge in [0.2, 0.25) is 0 Å². The lowest BCUT2D eigenvalue weighted by molar-refractivity contribution is 0.280. The Hall–Kier alpha value is -1.65. The maximum Gasteiger partial charge on any atom is 0.161 e. The van der Waals surface area contributed by atoms with Crippen molar-refractivity contribution in [3.05, 3.63) is 59.7 Å². The summed E-state index contributed by atoms with van der Waals surface area (Å²) in [4.78, 5) is 2.50. The highest BCUT2D eigenvalue weighted by Crippen LogP contribution is 2.29. The summed E-state index contributed by atoms with van der Waals surface area (Å²) in [5.41, 5.74) is 2.44. The maximum absolute atomic E-state index is 5.92.